The topological polar surface area (TPSA) is 59.7 Å². The van der Waals surface area contributed by atoms with E-state index in [0.29, 0.717) is 18.3 Å². The first-order chi connectivity index (χ1) is 14.3. The molecule has 0 spiro atoms. The van der Waals surface area contributed by atoms with Gasteiger partial charge in [0.15, 0.2) is 34.3 Å². The molecular weight excluding hydrogens is 431 g/mol. The van der Waals surface area contributed by atoms with Crippen molar-refractivity contribution in [2.24, 2.45) is 4.99 Å². The van der Waals surface area contributed by atoms with Crippen molar-refractivity contribution in [2.75, 3.05) is 18.9 Å². The Morgan fingerprint density at radius 1 is 1.13 bits per heavy atom. The van der Waals surface area contributed by atoms with E-state index in [1.165, 1.54) is 28.9 Å². The van der Waals surface area contributed by atoms with E-state index in [0.717, 1.165) is 17.5 Å². The van der Waals surface area contributed by atoms with Gasteiger partial charge in [0.05, 0.1) is 30.5 Å². The van der Waals surface area contributed by atoms with E-state index in [4.69, 9.17) is 4.74 Å². The van der Waals surface area contributed by atoms with Crippen molar-refractivity contribution in [1.82, 2.24) is 14.7 Å². The normalized spacial score (nSPS) is 20.7. The quantitative estimate of drug-likeness (QED) is 0.402. The lowest BCUT2D eigenvalue weighted by atomic mass is 10.1. The number of aliphatic imine (C=N–C) groups is 1. The maximum atomic E-state index is 13.9. The summed E-state index contributed by atoms with van der Waals surface area (Å²) in [4.78, 5) is 17.9. The lowest BCUT2D eigenvalue weighted by Gasteiger charge is -2.19. The second kappa shape index (κ2) is 8.34. The number of hydrogen-bond donors (Lipinski definition) is 0. The van der Waals surface area contributed by atoms with Crippen LogP contribution >= 0.6 is 11.8 Å². The molecule has 0 N–H and O–H groups in total. The first-order valence-corrected chi connectivity index (χ1v) is 10.0. The van der Waals surface area contributed by atoms with Crippen molar-refractivity contribution in [3.63, 3.8) is 0 Å². The van der Waals surface area contributed by atoms with Crippen molar-refractivity contribution in [3.8, 4) is 0 Å². The summed E-state index contributed by atoms with van der Waals surface area (Å²) in [5.74, 6) is -9.82. The molecule has 30 heavy (non-hydrogen) atoms. The van der Waals surface area contributed by atoms with E-state index in [9.17, 15) is 26.7 Å². The predicted octanol–water partition coefficient (Wildman–Crippen LogP) is 3.37. The standard InChI is InChI=1S/C18H15F5N4O2S/c19-13-10(14(20)16(22)17(23)15(13)21)7-26-4-3-11(25-26)24-18-27(12(28)8-30-18)6-9-2-1-5-29-9/h3-4,9H,1-2,5-8H2. The highest BCUT2D eigenvalue weighted by Crippen LogP contribution is 2.26. The Hall–Kier alpha value is -2.47. The number of rotatable bonds is 5. The number of amides is 1. The van der Waals surface area contributed by atoms with Crippen molar-refractivity contribution < 1.29 is 31.5 Å². The van der Waals surface area contributed by atoms with Gasteiger partial charge in [-0.25, -0.2) is 26.9 Å². The van der Waals surface area contributed by atoms with Gasteiger partial charge in [-0.3, -0.25) is 14.4 Å². The van der Waals surface area contributed by atoms with Crippen LogP contribution in [0.3, 0.4) is 0 Å². The second-order valence-electron chi connectivity index (χ2n) is 6.74. The largest absolute Gasteiger partial charge is 0.376 e. The SMILES string of the molecule is O=C1CSC(=Nc2ccn(Cc3c(F)c(F)c(F)c(F)c3F)n2)N1CC1CCCO1. The monoisotopic (exact) mass is 446 g/mol. The number of halogens is 5. The zero-order valence-electron chi connectivity index (χ0n) is 15.4. The summed E-state index contributed by atoms with van der Waals surface area (Å²) in [7, 11) is 0. The Morgan fingerprint density at radius 2 is 1.83 bits per heavy atom. The number of nitrogens with zero attached hydrogens (tertiary/aromatic N) is 4. The smallest absolute Gasteiger partial charge is 0.239 e. The van der Waals surface area contributed by atoms with Crippen LogP contribution in [0.25, 0.3) is 0 Å². The number of thioether (sulfide) groups is 1. The van der Waals surface area contributed by atoms with Crippen LogP contribution in [0.4, 0.5) is 27.8 Å². The minimum absolute atomic E-state index is 0.0652. The lowest BCUT2D eigenvalue weighted by molar-refractivity contribution is -0.125. The zero-order valence-corrected chi connectivity index (χ0v) is 16.2. The minimum Gasteiger partial charge on any atom is -0.376 e. The molecule has 4 rings (SSSR count). The van der Waals surface area contributed by atoms with Crippen LogP contribution in [0.2, 0.25) is 0 Å². The van der Waals surface area contributed by atoms with Crippen LogP contribution in [-0.4, -0.2) is 50.8 Å². The van der Waals surface area contributed by atoms with E-state index in [1.807, 2.05) is 0 Å². The third kappa shape index (κ3) is 3.93. The van der Waals surface area contributed by atoms with Crippen LogP contribution in [0.5, 0.6) is 0 Å². The van der Waals surface area contributed by atoms with E-state index in [2.05, 4.69) is 10.1 Å². The first kappa shape index (κ1) is 20.8. The molecule has 0 radical (unpaired) electrons. The molecule has 0 aliphatic carbocycles. The fraction of sp³-hybridized carbons (Fsp3) is 0.389. The molecule has 2 saturated heterocycles. The number of aromatic nitrogens is 2. The van der Waals surface area contributed by atoms with Gasteiger partial charge in [-0.1, -0.05) is 11.8 Å². The average Bonchev–Trinajstić information content (AvgIpc) is 3.47. The molecule has 2 aliphatic rings. The number of benzene rings is 1. The van der Waals surface area contributed by atoms with Crippen molar-refractivity contribution in [1.29, 1.82) is 0 Å². The van der Waals surface area contributed by atoms with Gasteiger partial charge in [-0.2, -0.15) is 5.10 Å². The fourth-order valence-corrected chi connectivity index (χ4v) is 4.10. The zero-order chi connectivity index (χ0) is 21.4. The Kier molecular flexibility index (Phi) is 5.78. The summed E-state index contributed by atoms with van der Waals surface area (Å²) in [5, 5.41) is 4.41. The minimum atomic E-state index is -2.21. The molecule has 0 saturated carbocycles. The Balaban J connectivity index is 1.54. The molecular formula is C18H15F5N4O2S. The predicted molar refractivity (Wildman–Crippen MR) is 97.8 cm³/mol. The molecule has 2 aromatic rings. The number of amidine groups is 1. The van der Waals surface area contributed by atoms with Gasteiger partial charge in [-0.15, -0.1) is 0 Å². The molecule has 1 aromatic carbocycles. The van der Waals surface area contributed by atoms with Gasteiger partial charge in [-0.05, 0) is 12.8 Å². The van der Waals surface area contributed by atoms with Gasteiger partial charge in [0.1, 0.15) is 0 Å². The maximum absolute atomic E-state index is 13.9. The molecule has 1 atom stereocenters. The van der Waals surface area contributed by atoms with E-state index in [-0.39, 0.29) is 23.6 Å². The summed E-state index contributed by atoms with van der Waals surface area (Å²) in [5.41, 5.74) is -1.00. The molecule has 2 aliphatic heterocycles. The molecule has 2 fully saturated rings. The molecule has 6 nitrogen and oxygen atoms in total. The Labute approximate surface area is 171 Å². The van der Waals surface area contributed by atoms with Crippen molar-refractivity contribution >= 4 is 28.7 Å². The van der Waals surface area contributed by atoms with Crippen molar-refractivity contribution in [2.45, 2.75) is 25.5 Å². The maximum Gasteiger partial charge on any atom is 0.239 e. The molecule has 1 aromatic heterocycles. The summed E-state index contributed by atoms with van der Waals surface area (Å²) in [6.45, 7) is 0.340. The molecule has 160 valence electrons. The summed E-state index contributed by atoms with van der Waals surface area (Å²) in [6, 6.07) is 1.41. The average molecular weight is 446 g/mol. The summed E-state index contributed by atoms with van der Waals surface area (Å²) in [6.07, 6.45) is 3.00. The van der Waals surface area contributed by atoms with Crippen LogP contribution in [0.1, 0.15) is 18.4 Å². The molecule has 12 heteroatoms. The molecule has 3 heterocycles. The molecule has 0 bridgehead atoms. The number of hydrogen-bond acceptors (Lipinski definition) is 5. The summed E-state index contributed by atoms with van der Waals surface area (Å²) >= 11 is 1.22. The third-order valence-electron chi connectivity index (χ3n) is 4.72. The van der Waals surface area contributed by atoms with Crippen LogP contribution < -0.4 is 0 Å². The Bertz CT molecular complexity index is 993. The van der Waals surface area contributed by atoms with Crippen LogP contribution in [0.15, 0.2) is 17.3 Å². The van der Waals surface area contributed by atoms with Crippen LogP contribution in [0, 0.1) is 29.1 Å². The van der Waals surface area contributed by atoms with Gasteiger partial charge in [0, 0.05) is 18.9 Å². The highest BCUT2D eigenvalue weighted by Gasteiger charge is 2.32. The van der Waals surface area contributed by atoms with E-state index >= 15 is 0 Å². The Morgan fingerprint density at radius 3 is 2.50 bits per heavy atom. The first-order valence-electron chi connectivity index (χ1n) is 9.02. The summed E-state index contributed by atoms with van der Waals surface area (Å²) < 4.78 is 74.2. The van der Waals surface area contributed by atoms with Gasteiger partial charge in [0.25, 0.3) is 0 Å². The highest BCUT2D eigenvalue weighted by atomic mass is 32.2. The van der Waals surface area contributed by atoms with Gasteiger partial charge >= 0.3 is 0 Å². The number of carbonyl (C=O) groups is 1. The molecule has 1 amide bonds. The highest BCUT2D eigenvalue weighted by molar-refractivity contribution is 8.15. The molecule has 1 unspecified atom stereocenters. The van der Waals surface area contributed by atoms with E-state index < -0.39 is 41.2 Å². The number of ether oxygens (including phenoxy) is 1. The number of carbonyl (C=O) groups excluding carboxylic acids is 1. The fourth-order valence-electron chi connectivity index (χ4n) is 3.20. The van der Waals surface area contributed by atoms with E-state index in [1.54, 1.807) is 0 Å². The van der Waals surface area contributed by atoms with Crippen molar-refractivity contribution in [3.05, 3.63) is 46.9 Å². The lowest BCUT2D eigenvalue weighted by Crippen LogP contribution is -2.36. The van der Waals surface area contributed by atoms with Crippen LogP contribution in [-0.2, 0) is 16.1 Å². The second-order valence-corrected chi connectivity index (χ2v) is 7.68. The third-order valence-corrected chi connectivity index (χ3v) is 5.69. The van der Waals surface area contributed by atoms with Gasteiger partial charge < -0.3 is 4.74 Å². The van der Waals surface area contributed by atoms with Gasteiger partial charge in [0.2, 0.25) is 11.7 Å².